The number of hydrogen-bond donors (Lipinski definition) is 1. The molecule has 7 nitrogen and oxygen atoms in total. The zero-order chi connectivity index (χ0) is 28.4. The van der Waals surface area contributed by atoms with E-state index in [1.807, 2.05) is 51.1 Å². The number of aryl methyl sites for hydroxylation is 1. The van der Waals surface area contributed by atoms with Crippen molar-refractivity contribution in [2.75, 3.05) is 13.1 Å². The second-order valence-electron chi connectivity index (χ2n) is 10.4. The number of furan rings is 1. The van der Waals surface area contributed by atoms with E-state index < -0.39 is 17.4 Å². The van der Waals surface area contributed by atoms with Crippen molar-refractivity contribution in [3.05, 3.63) is 111 Å². The summed E-state index contributed by atoms with van der Waals surface area (Å²) in [6.45, 7) is 6.63. The highest BCUT2D eigenvalue weighted by atomic mass is 19.1. The number of halogens is 1. The van der Waals surface area contributed by atoms with Crippen LogP contribution in [0.5, 0.6) is 0 Å². The molecule has 0 aliphatic heterocycles. The summed E-state index contributed by atoms with van der Waals surface area (Å²) in [5.74, 6) is -0.376. The third-order valence-electron chi connectivity index (χ3n) is 7.19. The molecule has 2 N–H and O–H groups in total. The number of amides is 1. The van der Waals surface area contributed by atoms with Crippen LogP contribution >= 0.6 is 0 Å². The highest BCUT2D eigenvalue weighted by Crippen LogP contribution is 2.32. The van der Waals surface area contributed by atoms with Gasteiger partial charge in [0.05, 0.1) is 12.6 Å². The van der Waals surface area contributed by atoms with Crippen molar-refractivity contribution in [3.8, 4) is 0 Å². The molecule has 5 rings (SSSR count). The molecule has 0 radical (unpaired) electrons. The van der Waals surface area contributed by atoms with Crippen LogP contribution in [0.4, 0.5) is 4.39 Å². The average molecular weight is 541 g/mol. The lowest BCUT2D eigenvalue weighted by molar-refractivity contribution is 0.0602. The van der Waals surface area contributed by atoms with E-state index in [9.17, 15) is 14.0 Å². The van der Waals surface area contributed by atoms with Crippen LogP contribution in [-0.4, -0.2) is 33.4 Å². The fourth-order valence-corrected chi connectivity index (χ4v) is 5.15. The molecule has 1 atom stereocenters. The van der Waals surface area contributed by atoms with Crippen LogP contribution in [0.2, 0.25) is 0 Å². The predicted octanol–water partition coefficient (Wildman–Crippen LogP) is 5.83. The first-order valence-corrected chi connectivity index (χ1v) is 13.5. The Morgan fingerprint density at radius 1 is 1.05 bits per heavy atom. The molecule has 8 heteroatoms. The van der Waals surface area contributed by atoms with Crippen molar-refractivity contribution in [2.24, 2.45) is 11.7 Å². The van der Waals surface area contributed by atoms with Crippen molar-refractivity contribution in [1.82, 2.24) is 14.5 Å². The van der Waals surface area contributed by atoms with Crippen molar-refractivity contribution >= 4 is 28.0 Å². The van der Waals surface area contributed by atoms with Crippen molar-refractivity contribution in [1.29, 1.82) is 0 Å². The van der Waals surface area contributed by atoms with Crippen molar-refractivity contribution in [2.45, 2.75) is 39.8 Å². The smallest absolute Gasteiger partial charge is 0.297 e. The summed E-state index contributed by atoms with van der Waals surface area (Å²) in [6.07, 6.45) is 0.565. The van der Waals surface area contributed by atoms with Gasteiger partial charge in [-0.3, -0.25) is 14.2 Å². The summed E-state index contributed by atoms with van der Waals surface area (Å²) in [4.78, 5) is 34.8. The number of rotatable bonds is 9. The second-order valence-corrected chi connectivity index (χ2v) is 10.4. The molecule has 0 bridgehead atoms. The highest BCUT2D eigenvalue weighted by molar-refractivity contribution is 6.02. The average Bonchev–Trinajstić information content (AvgIpc) is 3.32. The van der Waals surface area contributed by atoms with Gasteiger partial charge >= 0.3 is 0 Å². The third kappa shape index (κ3) is 5.14. The number of para-hydroxylation sites is 1. The molecule has 0 spiro atoms. The number of hydrogen-bond acceptors (Lipinski definition) is 5. The van der Waals surface area contributed by atoms with Crippen LogP contribution in [0.3, 0.4) is 0 Å². The Morgan fingerprint density at radius 3 is 2.45 bits per heavy atom. The van der Waals surface area contributed by atoms with E-state index in [0.717, 1.165) is 5.56 Å². The summed E-state index contributed by atoms with van der Waals surface area (Å²) in [7, 11) is 0. The second kappa shape index (κ2) is 11.4. The molecule has 206 valence electrons. The van der Waals surface area contributed by atoms with Gasteiger partial charge in [0.2, 0.25) is 5.58 Å². The molecule has 1 unspecified atom stereocenters. The maximum Gasteiger partial charge on any atom is 0.297 e. The molecule has 40 heavy (non-hydrogen) atoms. The Hall–Kier alpha value is -4.30. The lowest BCUT2D eigenvalue weighted by Crippen LogP contribution is -2.42. The maximum absolute atomic E-state index is 14.8. The molecule has 5 aromatic rings. The molecule has 0 fully saturated rings. The van der Waals surface area contributed by atoms with Gasteiger partial charge in [0.15, 0.2) is 0 Å². The maximum atomic E-state index is 14.8. The lowest BCUT2D eigenvalue weighted by atomic mass is 9.98. The van der Waals surface area contributed by atoms with Crippen LogP contribution in [-0.2, 0) is 6.54 Å². The van der Waals surface area contributed by atoms with E-state index in [2.05, 4.69) is 0 Å². The minimum Gasteiger partial charge on any atom is -0.448 e. The van der Waals surface area contributed by atoms with E-state index in [0.29, 0.717) is 52.9 Å². The zero-order valence-electron chi connectivity index (χ0n) is 22.9. The van der Waals surface area contributed by atoms with Crippen LogP contribution in [0.1, 0.15) is 53.6 Å². The third-order valence-corrected chi connectivity index (χ3v) is 7.19. The standard InChI is InChI=1S/C32H33FN4O3/c1-20(2)28(36(18-8-17-34)31(38)22-15-13-21(3)14-16-22)30-35-27-24-10-5-7-12-26(24)40-29(27)32(39)37(30)19-23-9-4-6-11-25(23)33/h4-7,9-16,20,28H,8,17-19,34H2,1-3H3. The van der Waals surface area contributed by atoms with Gasteiger partial charge in [-0.15, -0.1) is 0 Å². The summed E-state index contributed by atoms with van der Waals surface area (Å²) in [5, 5.41) is 0.703. The number of carbonyl (C=O) groups excluding carboxylic acids is 1. The minimum atomic E-state index is -0.599. The van der Waals surface area contributed by atoms with Gasteiger partial charge in [0, 0.05) is 23.1 Å². The minimum absolute atomic E-state index is 0.0620. The predicted molar refractivity (Wildman–Crippen MR) is 155 cm³/mol. The molecular formula is C32H33FN4O3. The molecular weight excluding hydrogens is 507 g/mol. The Balaban J connectivity index is 1.76. The normalized spacial score (nSPS) is 12.3. The van der Waals surface area contributed by atoms with Crippen LogP contribution in [0.25, 0.3) is 22.1 Å². The lowest BCUT2D eigenvalue weighted by Gasteiger charge is -2.35. The van der Waals surface area contributed by atoms with Gasteiger partial charge in [-0.25, -0.2) is 9.37 Å². The van der Waals surface area contributed by atoms with Gasteiger partial charge in [-0.05, 0) is 56.1 Å². The first-order chi connectivity index (χ1) is 19.3. The molecule has 0 aliphatic carbocycles. The fraction of sp³-hybridized carbons (Fsp3) is 0.281. The Labute approximate surface area is 232 Å². The molecule has 0 saturated heterocycles. The van der Waals surface area contributed by atoms with Gasteiger partial charge in [-0.2, -0.15) is 0 Å². The van der Waals surface area contributed by atoms with Gasteiger partial charge in [0.1, 0.15) is 22.7 Å². The largest absolute Gasteiger partial charge is 0.448 e. The number of fused-ring (bicyclic) bond motifs is 3. The summed E-state index contributed by atoms with van der Waals surface area (Å²) in [5.41, 5.74) is 8.43. The molecule has 2 aromatic heterocycles. The van der Waals surface area contributed by atoms with Gasteiger partial charge in [0.25, 0.3) is 11.5 Å². The Bertz CT molecular complexity index is 1720. The van der Waals surface area contributed by atoms with Crippen molar-refractivity contribution < 1.29 is 13.6 Å². The molecule has 0 saturated carbocycles. The quantitative estimate of drug-likeness (QED) is 0.254. The highest BCUT2D eigenvalue weighted by Gasteiger charge is 2.33. The number of benzene rings is 3. The van der Waals surface area contributed by atoms with E-state index in [-0.39, 0.29) is 24.0 Å². The zero-order valence-corrected chi connectivity index (χ0v) is 22.9. The monoisotopic (exact) mass is 540 g/mol. The Kier molecular flexibility index (Phi) is 7.80. The topological polar surface area (TPSA) is 94.4 Å². The van der Waals surface area contributed by atoms with Crippen LogP contribution < -0.4 is 11.3 Å². The SMILES string of the molecule is Cc1ccc(C(=O)N(CCCN)C(c2nc3c(oc4ccccc43)c(=O)n2Cc2ccccc2F)C(C)C)cc1. The van der Waals surface area contributed by atoms with E-state index >= 15 is 0 Å². The van der Waals surface area contributed by atoms with E-state index in [1.54, 1.807) is 41.3 Å². The van der Waals surface area contributed by atoms with Crippen LogP contribution in [0.15, 0.2) is 82.0 Å². The summed E-state index contributed by atoms with van der Waals surface area (Å²) < 4.78 is 22.3. The molecule has 1 amide bonds. The van der Waals surface area contributed by atoms with Crippen molar-refractivity contribution in [3.63, 3.8) is 0 Å². The fourth-order valence-electron chi connectivity index (χ4n) is 5.15. The summed E-state index contributed by atoms with van der Waals surface area (Å²) >= 11 is 0. The first-order valence-electron chi connectivity index (χ1n) is 13.5. The molecule has 3 aromatic carbocycles. The summed E-state index contributed by atoms with van der Waals surface area (Å²) in [6, 6.07) is 20.5. The number of carbonyl (C=O) groups is 1. The molecule has 2 heterocycles. The van der Waals surface area contributed by atoms with Gasteiger partial charge < -0.3 is 15.1 Å². The number of aromatic nitrogens is 2. The number of nitrogens with zero attached hydrogens (tertiary/aromatic N) is 3. The first kappa shape index (κ1) is 27.3. The van der Waals surface area contributed by atoms with Crippen LogP contribution in [0, 0.1) is 18.7 Å². The van der Waals surface area contributed by atoms with E-state index in [4.69, 9.17) is 15.1 Å². The number of nitrogens with two attached hydrogens (primary N) is 1. The van der Waals surface area contributed by atoms with Gasteiger partial charge in [-0.1, -0.05) is 61.9 Å². The van der Waals surface area contributed by atoms with E-state index in [1.165, 1.54) is 10.6 Å². The Morgan fingerprint density at radius 2 is 1.75 bits per heavy atom. The molecule has 0 aliphatic rings.